The second-order valence-corrected chi connectivity index (χ2v) is 3.34. The quantitative estimate of drug-likeness (QED) is 0.547. The van der Waals surface area contributed by atoms with Crippen molar-refractivity contribution in [2.75, 3.05) is 5.94 Å². The Kier molecular flexibility index (Phi) is 6.65. The Bertz CT molecular complexity index is 50.9. The average molecular weight is 147 g/mol. The first kappa shape index (κ1) is 9.31. The lowest BCUT2D eigenvalue weighted by molar-refractivity contribution is 0.260. The molecule has 55 valence electrons. The molecule has 0 aromatic heterocycles. The van der Waals surface area contributed by atoms with Crippen LogP contribution in [0, 0.1) is 0 Å². The van der Waals surface area contributed by atoms with Gasteiger partial charge in [0.15, 0.2) is 0 Å². The first-order valence-electron chi connectivity index (χ1n) is 3.54. The fourth-order valence-electron chi connectivity index (χ4n) is 0.824. The third-order valence-corrected chi connectivity index (χ3v) is 2.55. The lowest BCUT2D eigenvalue weighted by atomic mass is 10.2. The SMILES string of the molecule is CCCC(CC)SC[O]. The zero-order valence-corrected chi connectivity index (χ0v) is 7.04. The Balaban J connectivity index is 3.18. The van der Waals surface area contributed by atoms with E-state index in [1.165, 1.54) is 12.8 Å². The predicted molar refractivity (Wildman–Crippen MR) is 42.1 cm³/mol. The molecule has 1 nitrogen and oxygen atoms in total. The van der Waals surface area contributed by atoms with Crippen molar-refractivity contribution >= 4 is 11.8 Å². The summed E-state index contributed by atoms with van der Waals surface area (Å²) in [6.45, 7) is 4.30. The summed E-state index contributed by atoms with van der Waals surface area (Å²) in [6, 6.07) is 0. The number of hydrogen-bond acceptors (Lipinski definition) is 1. The second kappa shape index (κ2) is 6.43. The van der Waals surface area contributed by atoms with Crippen molar-refractivity contribution in [2.45, 2.75) is 38.4 Å². The van der Waals surface area contributed by atoms with E-state index < -0.39 is 0 Å². The molecule has 0 aromatic rings. The molecule has 0 fully saturated rings. The number of hydrogen-bond donors (Lipinski definition) is 0. The van der Waals surface area contributed by atoms with Gasteiger partial charge in [0.2, 0.25) is 0 Å². The minimum absolute atomic E-state index is 0.0263. The van der Waals surface area contributed by atoms with E-state index in [-0.39, 0.29) is 5.94 Å². The number of rotatable bonds is 5. The molecule has 0 spiro atoms. The van der Waals surface area contributed by atoms with Crippen molar-refractivity contribution in [2.24, 2.45) is 0 Å². The van der Waals surface area contributed by atoms with Gasteiger partial charge in [-0.15, -0.1) is 11.8 Å². The Hall–Kier alpha value is 0.310. The first-order valence-corrected chi connectivity index (χ1v) is 4.59. The summed E-state index contributed by atoms with van der Waals surface area (Å²) in [5.41, 5.74) is 0. The zero-order chi connectivity index (χ0) is 7.11. The van der Waals surface area contributed by atoms with Crippen molar-refractivity contribution < 1.29 is 5.11 Å². The molecule has 1 radical (unpaired) electrons. The highest BCUT2D eigenvalue weighted by molar-refractivity contribution is 7.99. The van der Waals surface area contributed by atoms with E-state index in [0.29, 0.717) is 5.25 Å². The molecular weight excluding hydrogens is 132 g/mol. The maximum absolute atomic E-state index is 10.1. The number of thioether (sulfide) groups is 1. The highest BCUT2D eigenvalue weighted by Gasteiger charge is 2.02. The zero-order valence-electron chi connectivity index (χ0n) is 6.22. The van der Waals surface area contributed by atoms with Crippen molar-refractivity contribution in [3.05, 3.63) is 0 Å². The van der Waals surface area contributed by atoms with Gasteiger partial charge < -0.3 is 0 Å². The van der Waals surface area contributed by atoms with E-state index in [1.807, 2.05) is 0 Å². The summed E-state index contributed by atoms with van der Waals surface area (Å²) in [6.07, 6.45) is 3.54. The van der Waals surface area contributed by atoms with Gasteiger partial charge in [-0.1, -0.05) is 20.3 Å². The average Bonchev–Trinajstić information content (AvgIpc) is 1.88. The van der Waals surface area contributed by atoms with Crippen LogP contribution in [0.5, 0.6) is 0 Å². The molecule has 0 bridgehead atoms. The van der Waals surface area contributed by atoms with Gasteiger partial charge in [0.25, 0.3) is 0 Å². The van der Waals surface area contributed by atoms with E-state index in [0.717, 1.165) is 6.42 Å². The van der Waals surface area contributed by atoms with Crippen LogP contribution in [0.25, 0.3) is 0 Å². The van der Waals surface area contributed by atoms with E-state index in [1.54, 1.807) is 11.8 Å². The van der Waals surface area contributed by atoms with Crippen LogP contribution in [-0.2, 0) is 5.11 Å². The van der Waals surface area contributed by atoms with Crippen LogP contribution in [0.4, 0.5) is 0 Å². The summed E-state index contributed by atoms with van der Waals surface area (Å²) in [5, 5.41) is 10.8. The molecule has 1 unspecified atom stereocenters. The van der Waals surface area contributed by atoms with Crippen molar-refractivity contribution in [3.8, 4) is 0 Å². The molecular formula is C7H15OS. The Morgan fingerprint density at radius 1 is 1.44 bits per heavy atom. The van der Waals surface area contributed by atoms with Gasteiger partial charge in [0.1, 0.15) is 5.94 Å². The van der Waals surface area contributed by atoms with Gasteiger partial charge in [-0.05, 0) is 12.8 Å². The third-order valence-electron chi connectivity index (χ3n) is 1.37. The molecule has 1 atom stereocenters. The molecule has 0 saturated carbocycles. The van der Waals surface area contributed by atoms with Crippen LogP contribution < -0.4 is 0 Å². The largest absolute Gasteiger partial charge is 0.225 e. The van der Waals surface area contributed by atoms with E-state index in [9.17, 15) is 5.11 Å². The van der Waals surface area contributed by atoms with Crippen LogP contribution in [0.1, 0.15) is 33.1 Å². The summed E-state index contributed by atoms with van der Waals surface area (Å²) in [5.74, 6) is 0.0263. The summed E-state index contributed by atoms with van der Waals surface area (Å²) in [7, 11) is 0. The Labute approximate surface area is 61.8 Å². The normalized spacial score (nSPS) is 13.7. The minimum Gasteiger partial charge on any atom is -0.225 e. The predicted octanol–water partition coefficient (Wildman–Crippen LogP) is 2.69. The van der Waals surface area contributed by atoms with Crippen LogP contribution >= 0.6 is 11.8 Å². The molecule has 0 heterocycles. The lowest BCUT2D eigenvalue weighted by Gasteiger charge is -2.09. The monoisotopic (exact) mass is 147 g/mol. The highest BCUT2D eigenvalue weighted by atomic mass is 32.2. The highest BCUT2D eigenvalue weighted by Crippen LogP contribution is 2.17. The van der Waals surface area contributed by atoms with Crippen molar-refractivity contribution in [1.82, 2.24) is 0 Å². The standard InChI is InChI=1S/C7H15OS/c1-3-5-7(4-2)9-6-8/h7H,3-6H2,1-2H3. The summed E-state index contributed by atoms with van der Waals surface area (Å²) in [4.78, 5) is 0. The molecule has 0 rings (SSSR count). The van der Waals surface area contributed by atoms with Crippen LogP contribution in [0.3, 0.4) is 0 Å². The molecule has 0 N–H and O–H groups in total. The van der Waals surface area contributed by atoms with Gasteiger partial charge in [0.05, 0.1) is 0 Å². The van der Waals surface area contributed by atoms with Gasteiger partial charge in [0, 0.05) is 5.25 Å². The maximum atomic E-state index is 10.1. The first-order chi connectivity index (χ1) is 4.35. The van der Waals surface area contributed by atoms with Gasteiger partial charge >= 0.3 is 0 Å². The van der Waals surface area contributed by atoms with Crippen LogP contribution in [-0.4, -0.2) is 11.2 Å². The van der Waals surface area contributed by atoms with Gasteiger partial charge in [-0.2, -0.15) is 0 Å². The second-order valence-electron chi connectivity index (χ2n) is 2.10. The summed E-state index contributed by atoms with van der Waals surface area (Å²) >= 11 is 1.55. The fourth-order valence-corrected chi connectivity index (χ4v) is 1.65. The van der Waals surface area contributed by atoms with Crippen molar-refractivity contribution in [3.63, 3.8) is 0 Å². The van der Waals surface area contributed by atoms with Crippen LogP contribution in [0.2, 0.25) is 0 Å². The lowest BCUT2D eigenvalue weighted by Crippen LogP contribution is -1.99. The Morgan fingerprint density at radius 2 is 2.11 bits per heavy atom. The molecule has 0 aliphatic carbocycles. The maximum Gasteiger partial charge on any atom is 0.128 e. The third kappa shape index (κ3) is 4.79. The van der Waals surface area contributed by atoms with E-state index in [2.05, 4.69) is 13.8 Å². The molecule has 0 saturated heterocycles. The fraction of sp³-hybridized carbons (Fsp3) is 1.00. The molecule has 0 amide bonds. The molecule has 0 aromatic carbocycles. The molecule has 9 heavy (non-hydrogen) atoms. The van der Waals surface area contributed by atoms with Crippen LogP contribution in [0.15, 0.2) is 0 Å². The topological polar surface area (TPSA) is 19.9 Å². The van der Waals surface area contributed by atoms with Crippen molar-refractivity contribution in [1.29, 1.82) is 0 Å². The van der Waals surface area contributed by atoms with E-state index >= 15 is 0 Å². The molecule has 0 aliphatic rings. The molecule has 0 aliphatic heterocycles. The smallest absolute Gasteiger partial charge is 0.128 e. The van der Waals surface area contributed by atoms with Gasteiger partial charge in [-0.25, -0.2) is 5.11 Å². The minimum atomic E-state index is 0.0263. The Morgan fingerprint density at radius 3 is 2.44 bits per heavy atom. The molecule has 2 heteroatoms. The summed E-state index contributed by atoms with van der Waals surface area (Å²) < 4.78 is 0. The van der Waals surface area contributed by atoms with Gasteiger partial charge in [-0.3, -0.25) is 0 Å². The van der Waals surface area contributed by atoms with E-state index in [4.69, 9.17) is 0 Å².